The first-order valence-corrected chi connectivity index (χ1v) is 36.9. The van der Waals surface area contributed by atoms with Crippen LogP contribution in [0.25, 0.3) is 9.69 Å². The zero-order valence-corrected chi connectivity index (χ0v) is 63.5. The molecule has 4 fully saturated rings. The summed E-state index contributed by atoms with van der Waals surface area (Å²) in [6.07, 6.45) is 7.69. The first-order chi connectivity index (χ1) is 55.5. The molecular formula is C77H67F8N17O12S2. The number of ether oxygens (including phenoxy) is 8. The van der Waals surface area contributed by atoms with Gasteiger partial charge in [0.25, 0.3) is 23.6 Å². The number of nitrogens with zero attached hydrogens (tertiary/aromatic N) is 12. The highest BCUT2D eigenvalue weighted by atomic mass is 32.2. The highest BCUT2D eigenvalue weighted by molar-refractivity contribution is 8.14. The Labute approximate surface area is 663 Å². The first kappa shape index (κ1) is 81.9. The summed E-state index contributed by atoms with van der Waals surface area (Å²) in [6, 6.07) is 21.3. The molecule has 29 nitrogen and oxygen atoms in total. The van der Waals surface area contributed by atoms with Gasteiger partial charge >= 0.3 is 0 Å². The van der Waals surface area contributed by atoms with Crippen LogP contribution in [0.5, 0.6) is 11.8 Å². The van der Waals surface area contributed by atoms with Gasteiger partial charge in [-0.15, -0.1) is 11.8 Å². The number of amides is 4. The number of methoxy groups -OCH3 is 2. The molecule has 8 aromatic rings. The molecule has 6 N–H and O–H groups in total. The van der Waals surface area contributed by atoms with Crippen molar-refractivity contribution in [2.75, 3.05) is 113 Å². The predicted octanol–water partition coefficient (Wildman–Crippen LogP) is 11.7. The second-order valence-corrected chi connectivity index (χ2v) is 29.4. The van der Waals surface area contributed by atoms with Crippen LogP contribution in [0.4, 0.5) is 69.2 Å². The fourth-order valence-corrected chi connectivity index (χ4v) is 15.7. The summed E-state index contributed by atoms with van der Waals surface area (Å²) in [4.78, 5) is 97.1. The lowest BCUT2D eigenvalue weighted by molar-refractivity contribution is 0.00964. The number of rotatable bonds is 14. The monoisotopic (exact) mass is 1640 g/mol. The van der Waals surface area contributed by atoms with Crippen LogP contribution >= 0.6 is 23.5 Å². The molecule has 0 bridgehead atoms. The van der Waals surface area contributed by atoms with Gasteiger partial charge in [0.15, 0.2) is 56.3 Å². The number of aliphatic imine (C=N–C) groups is 4. The average Bonchev–Trinajstić information content (AvgIpc) is 1.57. The Hall–Kier alpha value is -12.1. The van der Waals surface area contributed by atoms with Crippen molar-refractivity contribution in [3.63, 3.8) is 0 Å². The summed E-state index contributed by atoms with van der Waals surface area (Å²) in [5.74, 6) is -3.65. The summed E-state index contributed by atoms with van der Waals surface area (Å²) in [5.41, 5.74) is -6.32. The fraction of sp³-hybridized carbons (Fsp3) is 0.325. The van der Waals surface area contributed by atoms with Crippen LogP contribution in [-0.2, 0) is 50.6 Å². The van der Waals surface area contributed by atoms with Crippen LogP contribution < -0.4 is 36.5 Å². The standard InChI is InChI=1S/C20H16F2N4O3.C19H15F2N5O2S.C19H18F2N4O4.C19H18F2N4O3S/c1-12-26-20(11-28-9-19(20,22)10-29-12)15-7-13(3-5-16(15)21)25-18(27)17-6-4-14(23-2)8-24-17;1-23-12-3-5-15(24-7-12)16(27)25-11-2-4-14(20)13(6-11)19-9-28-8-18(19,21)10-29-17(22)26-19;1-11-25-19(10-28-8-18(19,21)9-29-11)13-5-12(3-4-14(13)20)24-17(26)15-6-23-16(27-2)7-22-15;1-11-25-19(9-28-8-18(19,21)10-29-11)13-5-12(3-4-14(13)20)24-17(26)15-6-23-16(27-2)7-22-15/h3-8H,9-11H2,1H3,(H,25,27);2-7H,8-10H2,(H2,22,26)(H,25,27);2*3-7H,8-10H2,1-2H3,(H,24,26)/t19-,20-;3*18-,19-/m1111/s1. The molecule has 0 aliphatic carbocycles. The van der Waals surface area contributed by atoms with Gasteiger partial charge in [0.2, 0.25) is 23.1 Å². The summed E-state index contributed by atoms with van der Waals surface area (Å²) < 4.78 is 163. The fourth-order valence-electron chi connectivity index (χ4n) is 13.8. The molecule has 39 heteroatoms. The number of fused-ring (bicyclic) bond motifs is 4. The number of carbonyl (C=O) groups excluding carboxylic acids is 4. The van der Waals surface area contributed by atoms with Gasteiger partial charge in [-0.2, -0.15) is 0 Å². The lowest BCUT2D eigenvalue weighted by Crippen LogP contribution is -2.53. The van der Waals surface area contributed by atoms with E-state index in [1.165, 1.54) is 142 Å². The number of anilines is 4. The molecule has 600 valence electrons. The molecule has 0 saturated carbocycles. The molecular weight excluding hydrogens is 1570 g/mol. The topological polar surface area (TPSA) is 352 Å². The quantitative estimate of drug-likeness (QED) is 0.0499. The number of hydrogen-bond donors (Lipinski definition) is 5. The molecule has 8 atom stereocenters. The normalized spacial score (nSPS) is 25.6. The van der Waals surface area contributed by atoms with Crippen molar-refractivity contribution in [1.82, 2.24) is 29.9 Å². The third kappa shape index (κ3) is 15.8. The number of nitrogens with two attached hydrogens (primary N) is 1. The second-order valence-electron chi connectivity index (χ2n) is 27.3. The number of halogens is 8. The Morgan fingerprint density at radius 2 is 0.741 bits per heavy atom. The van der Waals surface area contributed by atoms with Crippen LogP contribution in [0.3, 0.4) is 0 Å². The van der Waals surface area contributed by atoms with Gasteiger partial charge in [0, 0.05) is 82.8 Å². The number of alkyl halides is 4. The highest BCUT2D eigenvalue weighted by Gasteiger charge is 2.66. The van der Waals surface area contributed by atoms with Gasteiger partial charge in [-0.25, -0.2) is 79.7 Å². The molecule has 116 heavy (non-hydrogen) atoms. The van der Waals surface area contributed by atoms with E-state index in [0.717, 1.165) is 30.0 Å². The third-order valence-electron chi connectivity index (χ3n) is 19.9. The van der Waals surface area contributed by atoms with Crippen molar-refractivity contribution >= 4 is 103 Å². The summed E-state index contributed by atoms with van der Waals surface area (Å²) >= 11 is 2.34. The van der Waals surface area contributed by atoms with Gasteiger partial charge in [-0.05, 0) is 91.9 Å². The summed E-state index contributed by atoms with van der Waals surface area (Å²) in [7, 11) is 2.87. The lowest BCUT2D eigenvalue weighted by Gasteiger charge is -2.39. The maximum Gasteiger partial charge on any atom is 0.275 e. The molecule has 0 unspecified atom stereocenters. The van der Waals surface area contributed by atoms with Gasteiger partial charge in [0.1, 0.15) is 64.8 Å². The smallest absolute Gasteiger partial charge is 0.275 e. The van der Waals surface area contributed by atoms with Crippen LogP contribution in [0.2, 0.25) is 0 Å². The van der Waals surface area contributed by atoms with E-state index in [2.05, 4.69) is 80.8 Å². The van der Waals surface area contributed by atoms with Crippen molar-refractivity contribution in [2.45, 2.75) is 65.6 Å². The summed E-state index contributed by atoms with van der Waals surface area (Å²) in [5, 5.41) is 11.3. The van der Waals surface area contributed by atoms with E-state index in [9.17, 15) is 36.7 Å². The SMILES string of the molecule is COc1cnc(C(=O)Nc2ccc(F)c([C@]34COC[C@@]3(F)COC(C)=N4)c2)cn1.COc1cnc(C(=O)Nc2ccc(F)c([C@]34COC[C@@]3(F)CSC(C)=N4)c2)cn1.[C-]#[N+]c1ccc(C(=O)Nc2ccc(F)c([C@]34COC[C@@]3(F)COC(C)=N4)c2)nc1.[C-]#[N+]c1ccc(C(=O)Nc2ccc(F)c([C@]34COC[C@@]3(F)CSC(N)=N4)c2)nc1. The second kappa shape index (κ2) is 33.0. The number of carbonyl (C=O) groups is 4. The Morgan fingerprint density at radius 1 is 0.414 bits per heavy atom. The molecule has 0 spiro atoms. The number of thioether (sulfide) groups is 2. The van der Waals surface area contributed by atoms with E-state index in [1.807, 2.05) is 0 Å². The summed E-state index contributed by atoms with van der Waals surface area (Å²) in [6.45, 7) is 16.7. The molecule has 4 saturated heterocycles. The van der Waals surface area contributed by atoms with Crippen molar-refractivity contribution < 1.29 is 92.2 Å². The first-order valence-electron chi connectivity index (χ1n) is 34.9. The Morgan fingerprint density at radius 3 is 1.07 bits per heavy atom. The minimum absolute atomic E-state index is 0.00428. The molecule has 8 aliphatic heterocycles. The van der Waals surface area contributed by atoms with Crippen LogP contribution in [0.1, 0.15) is 85.0 Å². The maximum atomic E-state index is 15.6. The van der Waals surface area contributed by atoms with E-state index in [1.54, 1.807) is 20.8 Å². The molecule has 4 aromatic heterocycles. The van der Waals surface area contributed by atoms with E-state index in [-0.39, 0.29) is 168 Å². The highest BCUT2D eigenvalue weighted by Crippen LogP contribution is 2.54. The number of aromatic nitrogens is 6. The van der Waals surface area contributed by atoms with Crippen LogP contribution in [0.15, 0.2) is 154 Å². The number of benzene rings is 4. The average molecular weight is 1640 g/mol. The molecule has 8 aliphatic rings. The van der Waals surface area contributed by atoms with Crippen LogP contribution in [0, 0.1) is 36.4 Å². The van der Waals surface area contributed by atoms with Crippen molar-refractivity contribution in [1.29, 1.82) is 0 Å². The minimum atomic E-state index is -2.02. The maximum absolute atomic E-state index is 15.6. The zero-order valence-electron chi connectivity index (χ0n) is 61.9. The van der Waals surface area contributed by atoms with Gasteiger partial charge in [-0.1, -0.05) is 23.9 Å². The predicted molar refractivity (Wildman–Crippen MR) is 409 cm³/mol. The Balaban J connectivity index is 0.000000135. The third-order valence-corrected chi connectivity index (χ3v) is 22.0. The van der Waals surface area contributed by atoms with Crippen LogP contribution in [-0.4, -0.2) is 190 Å². The molecule has 12 heterocycles. The van der Waals surface area contributed by atoms with Crippen molar-refractivity contribution in [3.8, 4) is 11.8 Å². The van der Waals surface area contributed by atoms with Gasteiger partial charge in [0.05, 0.1) is 110 Å². The van der Waals surface area contributed by atoms with E-state index < -0.39 is 91.7 Å². The number of nitrogens with one attached hydrogen (secondary N) is 4. The lowest BCUT2D eigenvalue weighted by atomic mass is 9.78. The molecule has 4 amide bonds. The van der Waals surface area contributed by atoms with E-state index >= 15 is 17.6 Å². The molecule has 16 rings (SSSR count). The molecule has 4 aromatic carbocycles. The zero-order chi connectivity index (χ0) is 82.6. The largest absolute Gasteiger partial charge is 0.480 e. The number of amidine groups is 1. The minimum Gasteiger partial charge on any atom is -0.480 e. The Kier molecular flexibility index (Phi) is 23.3. The van der Waals surface area contributed by atoms with Crippen molar-refractivity contribution in [2.24, 2.45) is 25.7 Å². The van der Waals surface area contributed by atoms with Crippen molar-refractivity contribution in [3.05, 3.63) is 225 Å². The van der Waals surface area contributed by atoms with E-state index in [0.29, 0.717) is 22.1 Å². The number of pyridine rings is 2. The number of hydrogen-bond acceptors (Lipinski definition) is 25. The van der Waals surface area contributed by atoms with E-state index in [4.69, 9.17) is 56.8 Å². The molecule has 0 radical (unpaired) electrons. The van der Waals surface area contributed by atoms with Gasteiger partial charge < -0.3 is 64.9 Å². The van der Waals surface area contributed by atoms with Gasteiger partial charge in [-0.3, -0.25) is 34.1 Å². The Bertz CT molecular complexity index is 5070.